The molecule has 0 amide bonds. The van der Waals surface area contributed by atoms with Gasteiger partial charge in [-0.2, -0.15) is 0 Å². The van der Waals surface area contributed by atoms with E-state index in [1.165, 1.54) is 0 Å². The van der Waals surface area contributed by atoms with Crippen LogP contribution in [-0.4, -0.2) is 6.10 Å². The third-order valence-corrected chi connectivity index (χ3v) is 1.16. The van der Waals surface area contributed by atoms with Gasteiger partial charge in [-0.05, 0) is 20.0 Å². The van der Waals surface area contributed by atoms with E-state index in [9.17, 15) is 0 Å². The van der Waals surface area contributed by atoms with Crippen molar-refractivity contribution in [2.24, 2.45) is 0 Å². The van der Waals surface area contributed by atoms with Crippen molar-refractivity contribution < 1.29 is 4.74 Å². The second kappa shape index (κ2) is 3.30. The van der Waals surface area contributed by atoms with Crippen LogP contribution in [0.2, 0.25) is 0 Å². The van der Waals surface area contributed by atoms with Gasteiger partial charge in [-0.1, -0.05) is 6.08 Å². The molecule has 1 rings (SSSR count). The molecule has 1 aliphatic heterocycles. The summed E-state index contributed by atoms with van der Waals surface area (Å²) in [7, 11) is 0. The molecule has 0 fully saturated rings. The van der Waals surface area contributed by atoms with Crippen LogP contribution in [0.5, 0.6) is 0 Å². The Morgan fingerprint density at radius 1 is 1.60 bits per heavy atom. The van der Waals surface area contributed by atoms with Gasteiger partial charge in [-0.25, -0.2) is 0 Å². The van der Waals surface area contributed by atoms with Crippen LogP contribution in [-0.2, 0) is 4.74 Å². The summed E-state index contributed by atoms with van der Waals surface area (Å²) >= 11 is 0. The van der Waals surface area contributed by atoms with Crippen LogP contribution >= 0.6 is 0 Å². The van der Waals surface area contributed by atoms with Crippen LogP contribution < -0.4 is 5.32 Å². The van der Waals surface area contributed by atoms with Gasteiger partial charge < -0.3 is 10.1 Å². The first-order valence-electron chi connectivity index (χ1n) is 3.56. The summed E-state index contributed by atoms with van der Waals surface area (Å²) in [6.45, 7) is 4.05. The molecular weight excluding hydrogens is 126 g/mol. The summed E-state index contributed by atoms with van der Waals surface area (Å²) in [5, 5.41) is 2.97. The van der Waals surface area contributed by atoms with Crippen molar-refractivity contribution >= 4 is 0 Å². The van der Waals surface area contributed by atoms with Crippen LogP contribution in [0.25, 0.3) is 0 Å². The van der Waals surface area contributed by atoms with E-state index >= 15 is 0 Å². The van der Waals surface area contributed by atoms with Crippen LogP contribution in [0.1, 0.15) is 20.3 Å². The first kappa shape index (κ1) is 7.19. The maximum Gasteiger partial charge on any atom is 0.116 e. The molecule has 0 unspecified atom stereocenters. The second-order valence-corrected chi connectivity index (χ2v) is 2.55. The number of rotatable bonds is 2. The molecule has 0 saturated carbocycles. The van der Waals surface area contributed by atoms with Crippen molar-refractivity contribution in [3.63, 3.8) is 0 Å². The van der Waals surface area contributed by atoms with E-state index in [2.05, 4.69) is 5.32 Å². The summed E-state index contributed by atoms with van der Waals surface area (Å²) in [6.07, 6.45) is 7.02. The molecule has 0 saturated heterocycles. The smallest absolute Gasteiger partial charge is 0.116 e. The predicted octanol–water partition coefficient (Wildman–Crippen LogP) is 1.76. The van der Waals surface area contributed by atoms with E-state index in [1.807, 2.05) is 32.3 Å². The van der Waals surface area contributed by atoms with E-state index < -0.39 is 0 Å². The fourth-order valence-corrected chi connectivity index (χ4v) is 0.828. The summed E-state index contributed by atoms with van der Waals surface area (Å²) < 4.78 is 5.44. The maximum absolute atomic E-state index is 5.44. The molecule has 0 radical (unpaired) electrons. The quantitative estimate of drug-likeness (QED) is 0.629. The van der Waals surface area contributed by atoms with Crippen LogP contribution in [0.4, 0.5) is 0 Å². The zero-order chi connectivity index (χ0) is 7.40. The summed E-state index contributed by atoms with van der Waals surface area (Å²) in [4.78, 5) is 0. The molecule has 0 bridgehead atoms. The van der Waals surface area contributed by atoms with Crippen LogP contribution in [0.3, 0.4) is 0 Å². The lowest BCUT2D eigenvalue weighted by Gasteiger charge is -2.14. The Labute approximate surface area is 61.6 Å². The van der Waals surface area contributed by atoms with E-state index in [1.54, 1.807) is 0 Å². The highest BCUT2D eigenvalue weighted by molar-refractivity contribution is 5.06. The topological polar surface area (TPSA) is 21.3 Å². The number of dihydropyridines is 1. The molecular formula is C8H13NO. The minimum Gasteiger partial charge on any atom is -0.494 e. The Morgan fingerprint density at radius 2 is 2.40 bits per heavy atom. The van der Waals surface area contributed by atoms with Gasteiger partial charge in [0.05, 0.1) is 6.10 Å². The standard InChI is InChI=1S/C8H13NO/c1-7(2)10-8-4-3-5-9-6-8/h3,5-7,9H,4H2,1-2H3. The molecule has 1 N–H and O–H groups in total. The summed E-state index contributed by atoms with van der Waals surface area (Å²) in [5.41, 5.74) is 0. The molecule has 0 aromatic heterocycles. The SMILES string of the molecule is CC(C)OC1=CNC=CC1. The van der Waals surface area contributed by atoms with E-state index in [0.717, 1.165) is 12.2 Å². The number of hydrogen-bond acceptors (Lipinski definition) is 2. The molecule has 0 aliphatic carbocycles. The molecule has 2 nitrogen and oxygen atoms in total. The van der Waals surface area contributed by atoms with Crippen LogP contribution in [0, 0.1) is 0 Å². The lowest BCUT2D eigenvalue weighted by atomic mass is 10.3. The molecule has 0 spiro atoms. The van der Waals surface area contributed by atoms with Gasteiger partial charge in [-0.3, -0.25) is 0 Å². The Bertz CT molecular complexity index is 159. The van der Waals surface area contributed by atoms with Gasteiger partial charge in [0.2, 0.25) is 0 Å². The highest BCUT2D eigenvalue weighted by Crippen LogP contribution is 2.08. The Morgan fingerprint density at radius 3 is 2.90 bits per heavy atom. The first-order chi connectivity index (χ1) is 4.79. The Balaban J connectivity index is 2.34. The zero-order valence-corrected chi connectivity index (χ0v) is 6.42. The van der Waals surface area contributed by atoms with Crippen molar-refractivity contribution in [3.8, 4) is 0 Å². The molecule has 0 aromatic carbocycles. The zero-order valence-electron chi connectivity index (χ0n) is 6.42. The van der Waals surface area contributed by atoms with Crippen molar-refractivity contribution in [2.45, 2.75) is 26.4 Å². The molecule has 0 atom stereocenters. The highest BCUT2D eigenvalue weighted by atomic mass is 16.5. The largest absolute Gasteiger partial charge is 0.494 e. The van der Waals surface area contributed by atoms with E-state index in [0.29, 0.717) is 0 Å². The van der Waals surface area contributed by atoms with Crippen molar-refractivity contribution in [1.29, 1.82) is 0 Å². The van der Waals surface area contributed by atoms with Gasteiger partial charge >= 0.3 is 0 Å². The molecule has 1 heterocycles. The molecule has 2 heteroatoms. The average molecular weight is 139 g/mol. The highest BCUT2D eigenvalue weighted by Gasteiger charge is 2.00. The monoisotopic (exact) mass is 139 g/mol. The molecule has 1 aliphatic rings. The maximum atomic E-state index is 5.44. The number of allylic oxidation sites excluding steroid dienone is 1. The Hall–Kier alpha value is -0.920. The van der Waals surface area contributed by atoms with Crippen molar-refractivity contribution in [3.05, 3.63) is 24.2 Å². The molecule has 0 aromatic rings. The van der Waals surface area contributed by atoms with Gasteiger partial charge in [0.15, 0.2) is 0 Å². The third-order valence-electron chi connectivity index (χ3n) is 1.16. The molecule has 56 valence electrons. The van der Waals surface area contributed by atoms with Crippen LogP contribution in [0.15, 0.2) is 24.2 Å². The fraction of sp³-hybridized carbons (Fsp3) is 0.500. The first-order valence-corrected chi connectivity index (χ1v) is 3.56. The number of hydrogen-bond donors (Lipinski definition) is 1. The average Bonchev–Trinajstić information content (AvgIpc) is 1.88. The van der Waals surface area contributed by atoms with Gasteiger partial charge in [-0.15, -0.1) is 0 Å². The Kier molecular flexibility index (Phi) is 2.37. The number of ether oxygens (including phenoxy) is 1. The second-order valence-electron chi connectivity index (χ2n) is 2.55. The van der Waals surface area contributed by atoms with E-state index in [4.69, 9.17) is 4.74 Å². The normalized spacial score (nSPS) is 16.5. The lowest BCUT2D eigenvalue weighted by molar-refractivity contribution is 0.142. The van der Waals surface area contributed by atoms with Crippen molar-refractivity contribution in [2.75, 3.05) is 0 Å². The molecule has 10 heavy (non-hydrogen) atoms. The van der Waals surface area contributed by atoms with Crippen molar-refractivity contribution in [1.82, 2.24) is 5.32 Å². The lowest BCUT2D eigenvalue weighted by Crippen LogP contribution is -2.08. The van der Waals surface area contributed by atoms with Gasteiger partial charge in [0, 0.05) is 12.6 Å². The number of nitrogens with one attached hydrogen (secondary N) is 1. The van der Waals surface area contributed by atoms with Gasteiger partial charge in [0.25, 0.3) is 0 Å². The summed E-state index contributed by atoms with van der Waals surface area (Å²) in [5.74, 6) is 1.01. The summed E-state index contributed by atoms with van der Waals surface area (Å²) in [6, 6.07) is 0. The van der Waals surface area contributed by atoms with Gasteiger partial charge in [0.1, 0.15) is 5.76 Å². The fourth-order valence-electron chi connectivity index (χ4n) is 0.828. The minimum absolute atomic E-state index is 0.277. The predicted molar refractivity (Wildman–Crippen MR) is 41.2 cm³/mol. The van der Waals surface area contributed by atoms with E-state index in [-0.39, 0.29) is 6.10 Å². The minimum atomic E-state index is 0.277. The third kappa shape index (κ3) is 2.13.